The van der Waals surface area contributed by atoms with Crippen molar-refractivity contribution in [3.8, 4) is 0 Å². The van der Waals surface area contributed by atoms with Crippen LogP contribution in [-0.2, 0) is 16.0 Å². The lowest BCUT2D eigenvalue weighted by molar-refractivity contribution is -0.116. The summed E-state index contributed by atoms with van der Waals surface area (Å²) in [6, 6.07) is 10.4. The molecule has 0 aromatic heterocycles. The summed E-state index contributed by atoms with van der Waals surface area (Å²) in [5, 5.41) is 2.84. The molecule has 0 radical (unpaired) electrons. The number of amides is 2. The summed E-state index contributed by atoms with van der Waals surface area (Å²) in [4.78, 5) is 37.7. The van der Waals surface area contributed by atoms with E-state index in [-0.39, 0.29) is 11.8 Å². The van der Waals surface area contributed by atoms with Crippen molar-refractivity contribution in [1.29, 1.82) is 0 Å². The Morgan fingerprint density at radius 1 is 1.15 bits per heavy atom. The molecular formula is C20H20N2O4. The van der Waals surface area contributed by atoms with Crippen molar-refractivity contribution in [1.82, 2.24) is 0 Å². The van der Waals surface area contributed by atoms with Crippen LogP contribution in [0.1, 0.15) is 38.8 Å². The molecule has 0 saturated heterocycles. The van der Waals surface area contributed by atoms with Crippen molar-refractivity contribution in [3.63, 3.8) is 0 Å². The topological polar surface area (TPSA) is 75.7 Å². The van der Waals surface area contributed by atoms with Crippen LogP contribution in [0.4, 0.5) is 11.4 Å². The van der Waals surface area contributed by atoms with E-state index in [1.165, 1.54) is 14.0 Å². The Balaban J connectivity index is 1.84. The summed E-state index contributed by atoms with van der Waals surface area (Å²) < 4.78 is 4.76. The number of fused-ring (bicyclic) bond motifs is 1. The molecule has 0 fully saturated rings. The van der Waals surface area contributed by atoms with Gasteiger partial charge in [-0.05, 0) is 54.8 Å². The normalized spacial score (nSPS) is 12.5. The van der Waals surface area contributed by atoms with Gasteiger partial charge in [-0.1, -0.05) is 6.07 Å². The van der Waals surface area contributed by atoms with E-state index in [0.29, 0.717) is 28.9 Å². The van der Waals surface area contributed by atoms with Crippen molar-refractivity contribution >= 4 is 29.2 Å². The average molecular weight is 352 g/mol. The number of carbonyl (C=O) groups is 3. The fourth-order valence-electron chi connectivity index (χ4n) is 3.17. The Kier molecular flexibility index (Phi) is 4.75. The van der Waals surface area contributed by atoms with Crippen LogP contribution >= 0.6 is 0 Å². The summed E-state index contributed by atoms with van der Waals surface area (Å²) in [7, 11) is 1.32. The molecule has 0 spiro atoms. The molecule has 26 heavy (non-hydrogen) atoms. The molecule has 134 valence electrons. The van der Waals surface area contributed by atoms with Crippen LogP contribution in [0.3, 0.4) is 0 Å². The Bertz CT molecular complexity index is 905. The standard InChI is InChI=1S/C20H20N2O4/c1-12-16(20(25)26-3)5-4-6-17(12)21-19(24)15-7-8-18-14(11-15)9-10-22(18)13(2)23/h4-8,11H,9-10H2,1-3H3,(H,21,24). The van der Waals surface area contributed by atoms with Gasteiger partial charge in [-0.25, -0.2) is 4.79 Å². The first-order valence-electron chi connectivity index (χ1n) is 8.32. The lowest BCUT2D eigenvalue weighted by atomic mass is 10.1. The maximum Gasteiger partial charge on any atom is 0.338 e. The highest BCUT2D eigenvalue weighted by Crippen LogP contribution is 2.29. The van der Waals surface area contributed by atoms with Gasteiger partial charge in [0.25, 0.3) is 5.91 Å². The van der Waals surface area contributed by atoms with Gasteiger partial charge in [0.15, 0.2) is 0 Å². The minimum atomic E-state index is -0.444. The number of carbonyl (C=O) groups excluding carboxylic acids is 3. The van der Waals surface area contributed by atoms with Gasteiger partial charge >= 0.3 is 5.97 Å². The summed E-state index contributed by atoms with van der Waals surface area (Å²) >= 11 is 0. The fourth-order valence-corrected chi connectivity index (χ4v) is 3.17. The van der Waals surface area contributed by atoms with Gasteiger partial charge < -0.3 is 15.0 Å². The molecule has 2 aromatic rings. The smallest absolute Gasteiger partial charge is 0.338 e. The first-order valence-corrected chi connectivity index (χ1v) is 8.32. The maximum atomic E-state index is 12.6. The lowest BCUT2D eigenvalue weighted by Gasteiger charge is -2.15. The molecule has 0 aliphatic carbocycles. The molecule has 2 amide bonds. The van der Waals surface area contributed by atoms with Crippen LogP contribution in [0.15, 0.2) is 36.4 Å². The SMILES string of the molecule is COC(=O)c1cccc(NC(=O)c2ccc3c(c2)CCN3C(C)=O)c1C. The van der Waals surface area contributed by atoms with E-state index < -0.39 is 5.97 Å². The third-order valence-corrected chi connectivity index (χ3v) is 4.60. The monoisotopic (exact) mass is 352 g/mol. The number of esters is 1. The minimum absolute atomic E-state index is 0.00352. The molecule has 0 bridgehead atoms. The van der Waals surface area contributed by atoms with Crippen LogP contribution in [0.2, 0.25) is 0 Å². The molecule has 3 rings (SSSR count). The van der Waals surface area contributed by atoms with Gasteiger partial charge in [-0.15, -0.1) is 0 Å². The van der Waals surface area contributed by atoms with Crippen molar-refractivity contribution < 1.29 is 19.1 Å². The highest BCUT2D eigenvalue weighted by molar-refractivity contribution is 6.06. The third kappa shape index (κ3) is 3.18. The Labute approximate surface area is 151 Å². The molecule has 1 aliphatic rings. The second-order valence-corrected chi connectivity index (χ2v) is 6.19. The number of nitrogens with zero attached hydrogens (tertiary/aromatic N) is 1. The van der Waals surface area contributed by atoms with Gasteiger partial charge in [0.1, 0.15) is 0 Å². The number of methoxy groups -OCH3 is 1. The summed E-state index contributed by atoms with van der Waals surface area (Å²) in [6.45, 7) is 3.93. The zero-order chi connectivity index (χ0) is 18.8. The van der Waals surface area contributed by atoms with Gasteiger partial charge in [-0.2, -0.15) is 0 Å². The first kappa shape index (κ1) is 17.7. The molecule has 6 nitrogen and oxygen atoms in total. The van der Waals surface area contributed by atoms with Gasteiger partial charge in [0.2, 0.25) is 5.91 Å². The molecule has 1 heterocycles. The number of hydrogen-bond donors (Lipinski definition) is 1. The van der Waals surface area contributed by atoms with E-state index in [1.54, 1.807) is 42.2 Å². The van der Waals surface area contributed by atoms with E-state index in [9.17, 15) is 14.4 Å². The fraction of sp³-hybridized carbons (Fsp3) is 0.250. The third-order valence-electron chi connectivity index (χ3n) is 4.60. The van der Waals surface area contributed by atoms with Crippen LogP contribution in [0.5, 0.6) is 0 Å². The largest absolute Gasteiger partial charge is 0.465 e. The molecule has 0 saturated carbocycles. The van der Waals surface area contributed by atoms with Gasteiger partial charge in [-0.3, -0.25) is 9.59 Å². The predicted octanol–water partition coefficient (Wildman–Crippen LogP) is 2.94. The highest BCUT2D eigenvalue weighted by atomic mass is 16.5. The molecule has 1 aliphatic heterocycles. The first-order chi connectivity index (χ1) is 12.4. The molecule has 2 aromatic carbocycles. The van der Waals surface area contributed by atoms with Crippen LogP contribution < -0.4 is 10.2 Å². The van der Waals surface area contributed by atoms with E-state index in [0.717, 1.165) is 17.7 Å². The maximum absolute atomic E-state index is 12.6. The molecule has 1 N–H and O–H groups in total. The van der Waals surface area contributed by atoms with Crippen molar-refractivity contribution in [2.24, 2.45) is 0 Å². The molecule has 0 unspecified atom stereocenters. The number of benzene rings is 2. The zero-order valence-corrected chi connectivity index (χ0v) is 15.0. The van der Waals surface area contributed by atoms with Crippen molar-refractivity contribution in [3.05, 3.63) is 58.7 Å². The Morgan fingerprint density at radius 2 is 1.92 bits per heavy atom. The lowest BCUT2D eigenvalue weighted by Crippen LogP contribution is -2.25. The van der Waals surface area contributed by atoms with Crippen LogP contribution in [0.25, 0.3) is 0 Å². The highest BCUT2D eigenvalue weighted by Gasteiger charge is 2.23. The number of ether oxygens (including phenoxy) is 1. The molecule has 0 atom stereocenters. The quantitative estimate of drug-likeness (QED) is 0.862. The second kappa shape index (κ2) is 7.00. The van der Waals surface area contributed by atoms with E-state index in [1.807, 2.05) is 6.07 Å². The summed E-state index contributed by atoms with van der Waals surface area (Å²) in [5.74, 6) is -0.712. The van der Waals surface area contributed by atoms with E-state index in [2.05, 4.69) is 5.32 Å². The van der Waals surface area contributed by atoms with Crippen LogP contribution in [-0.4, -0.2) is 31.4 Å². The second-order valence-electron chi connectivity index (χ2n) is 6.19. The van der Waals surface area contributed by atoms with Crippen molar-refractivity contribution in [2.45, 2.75) is 20.3 Å². The predicted molar refractivity (Wildman–Crippen MR) is 98.6 cm³/mol. The van der Waals surface area contributed by atoms with Gasteiger partial charge in [0, 0.05) is 30.4 Å². The van der Waals surface area contributed by atoms with Gasteiger partial charge in [0.05, 0.1) is 12.7 Å². The molecule has 6 heteroatoms. The number of hydrogen-bond acceptors (Lipinski definition) is 4. The summed E-state index contributed by atoms with van der Waals surface area (Å²) in [5.41, 5.74) is 3.97. The summed E-state index contributed by atoms with van der Waals surface area (Å²) in [6.07, 6.45) is 0.729. The van der Waals surface area contributed by atoms with E-state index in [4.69, 9.17) is 4.74 Å². The van der Waals surface area contributed by atoms with E-state index >= 15 is 0 Å². The number of anilines is 2. The Hall–Kier alpha value is -3.15. The molecular weight excluding hydrogens is 332 g/mol. The average Bonchev–Trinajstić information content (AvgIpc) is 3.06. The minimum Gasteiger partial charge on any atom is -0.465 e. The Morgan fingerprint density at radius 3 is 2.62 bits per heavy atom. The van der Waals surface area contributed by atoms with Crippen molar-refractivity contribution in [2.75, 3.05) is 23.9 Å². The van der Waals surface area contributed by atoms with Crippen LogP contribution in [0, 0.1) is 6.92 Å². The number of nitrogens with one attached hydrogen (secondary N) is 1. The number of rotatable bonds is 3. The zero-order valence-electron chi connectivity index (χ0n) is 15.0.